The Labute approximate surface area is 293 Å². The van der Waals surface area contributed by atoms with Gasteiger partial charge in [0.1, 0.15) is 0 Å². The van der Waals surface area contributed by atoms with Crippen LogP contribution in [0.2, 0.25) is 0 Å². The van der Waals surface area contributed by atoms with Gasteiger partial charge >= 0.3 is 0 Å². The first-order chi connectivity index (χ1) is 21.3. The molecule has 9 heteroatoms. The van der Waals surface area contributed by atoms with Crippen molar-refractivity contribution in [1.82, 2.24) is 16.0 Å². The zero-order valence-corrected chi connectivity index (χ0v) is 32.7. The van der Waals surface area contributed by atoms with E-state index in [1.165, 1.54) is 9.13 Å². The number of benzene rings is 1. The maximum atomic E-state index is 13.0. The summed E-state index contributed by atoms with van der Waals surface area (Å²) in [5.41, 5.74) is -0.261. The molecular formula is C37H64IN3O5. The summed E-state index contributed by atoms with van der Waals surface area (Å²) in [6.07, 6.45) is 6.55. The van der Waals surface area contributed by atoms with E-state index in [-0.39, 0.29) is 29.2 Å². The second-order valence-corrected chi connectivity index (χ2v) is 16.6. The van der Waals surface area contributed by atoms with E-state index in [4.69, 9.17) is 9.47 Å². The van der Waals surface area contributed by atoms with E-state index in [1.807, 2.05) is 48.5 Å². The van der Waals surface area contributed by atoms with E-state index in [0.29, 0.717) is 45.6 Å². The molecule has 1 rings (SSSR count). The summed E-state index contributed by atoms with van der Waals surface area (Å²) in [4.78, 5) is 37.8. The fraction of sp³-hybridized carbons (Fsp3) is 0.757. The van der Waals surface area contributed by atoms with E-state index in [9.17, 15) is 14.4 Å². The SMILES string of the molecule is CCC(C)(C)N[C@@H](CCCCNC(=O)CCC(C)(C)OCC(C)(C)OCCNC(=O)CCCc1ccc(I)cc1)C(=O)C(C)(C)C. The molecule has 0 radical (unpaired) electrons. The summed E-state index contributed by atoms with van der Waals surface area (Å²) in [6.45, 7) is 22.1. The van der Waals surface area contributed by atoms with Crippen molar-refractivity contribution in [1.29, 1.82) is 0 Å². The van der Waals surface area contributed by atoms with Gasteiger partial charge in [0.2, 0.25) is 11.8 Å². The standard InChI is InChI=1S/C37H64IN3O5/c1-11-35(5,6)41-30(33(44)34(2,3)4)16-12-13-24-39-32(43)22-23-36(7,8)46-27-37(9,10)45-26-25-40-31(42)17-14-15-28-18-20-29(38)21-19-28/h18-21,30,41H,11-17,22-27H2,1-10H3,(H,39,43)(H,40,42)/t30-/m0/s1. The number of carbonyl (C=O) groups excluding carboxylic acids is 3. The highest BCUT2D eigenvalue weighted by Gasteiger charge is 2.32. The molecule has 0 bridgehead atoms. The largest absolute Gasteiger partial charge is 0.373 e. The van der Waals surface area contributed by atoms with Gasteiger partial charge < -0.3 is 25.4 Å². The van der Waals surface area contributed by atoms with Crippen molar-refractivity contribution in [2.75, 3.05) is 26.3 Å². The molecule has 0 unspecified atom stereocenters. The van der Waals surface area contributed by atoms with E-state index in [0.717, 1.165) is 38.5 Å². The third-order valence-corrected chi connectivity index (χ3v) is 8.93. The second kappa shape index (κ2) is 20.1. The predicted octanol–water partition coefficient (Wildman–Crippen LogP) is 7.15. The van der Waals surface area contributed by atoms with Crippen molar-refractivity contribution in [3.05, 3.63) is 33.4 Å². The van der Waals surface area contributed by atoms with Crippen LogP contribution in [-0.4, -0.2) is 66.7 Å². The lowest BCUT2D eigenvalue weighted by Crippen LogP contribution is -2.52. The highest BCUT2D eigenvalue weighted by molar-refractivity contribution is 14.1. The molecule has 0 saturated heterocycles. The first-order valence-electron chi connectivity index (χ1n) is 17.1. The fourth-order valence-electron chi connectivity index (χ4n) is 4.76. The van der Waals surface area contributed by atoms with E-state index < -0.39 is 16.6 Å². The Morgan fingerprint density at radius 1 is 0.783 bits per heavy atom. The Morgan fingerprint density at radius 3 is 2.00 bits per heavy atom. The van der Waals surface area contributed by atoms with Crippen LogP contribution in [0.5, 0.6) is 0 Å². The average molecular weight is 758 g/mol. The van der Waals surface area contributed by atoms with Crippen molar-refractivity contribution in [3.8, 4) is 0 Å². The molecule has 1 aromatic rings. The Morgan fingerprint density at radius 2 is 1.39 bits per heavy atom. The number of amides is 2. The van der Waals surface area contributed by atoms with Gasteiger partial charge in [-0.25, -0.2) is 0 Å². The van der Waals surface area contributed by atoms with E-state index in [2.05, 4.69) is 83.6 Å². The van der Waals surface area contributed by atoms with Gasteiger partial charge in [0, 0.05) is 40.5 Å². The first kappa shape index (κ1) is 42.5. The van der Waals surface area contributed by atoms with Crippen LogP contribution in [0.4, 0.5) is 0 Å². The van der Waals surface area contributed by atoms with Gasteiger partial charge in [-0.3, -0.25) is 14.4 Å². The molecule has 46 heavy (non-hydrogen) atoms. The number of halogens is 1. The predicted molar refractivity (Wildman–Crippen MR) is 197 cm³/mol. The maximum Gasteiger partial charge on any atom is 0.220 e. The minimum atomic E-state index is -0.525. The number of nitrogens with one attached hydrogen (secondary N) is 3. The van der Waals surface area contributed by atoms with Gasteiger partial charge in [-0.05, 0) is 127 Å². The summed E-state index contributed by atoms with van der Waals surface area (Å²) >= 11 is 2.29. The Kier molecular flexibility index (Phi) is 18.5. The van der Waals surface area contributed by atoms with Crippen LogP contribution in [0.15, 0.2) is 24.3 Å². The van der Waals surface area contributed by atoms with Crippen molar-refractivity contribution in [2.24, 2.45) is 5.41 Å². The van der Waals surface area contributed by atoms with Crippen LogP contribution in [0.25, 0.3) is 0 Å². The second-order valence-electron chi connectivity index (χ2n) is 15.4. The van der Waals surface area contributed by atoms with Crippen LogP contribution >= 0.6 is 22.6 Å². The van der Waals surface area contributed by atoms with Crippen molar-refractivity contribution in [3.63, 3.8) is 0 Å². The van der Waals surface area contributed by atoms with E-state index in [1.54, 1.807) is 0 Å². The molecule has 0 spiro atoms. The topological polar surface area (TPSA) is 106 Å². The molecule has 1 atom stereocenters. The van der Waals surface area contributed by atoms with Crippen molar-refractivity contribution in [2.45, 2.75) is 150 Å². The van der Waals surface area contributed by atoms with Crippen LogP contribution in [0.3, 0.4) is 0 Å². The third kappa shape index (κ3) is 19.3. The molecule has 1 aromatic carbocycles. The molecule has 3 N–H and O–H groups in total. The lowest BCUT2D eigenvalue weighted by molar-refractivity contribution is -0.131. The molecule has 0 aliphatic rings. The zero-order chi connectivity index (χ0) is 35.0. The normalized spacial score (nSPS) is 13.4. The first-order valence-corrected chi connectivity index (χ1v) is 18.2. The number of carbonyl (C=O) groups is 3. The lowest BCUT2D eigenvalue weighted by atomic mass is 9.83. The highest BCUT2D eigenvalue weighted by Crippen LogP contribution is 2.23. The molecule has 0 aliphatic carbocycles. The van der Waals surface area contributed by atoms with Gasteiger partial charge in [-0.1, -0.05) is 39.8 Å². The van der Waals surface area contributed by atoms with Crippen molar-refractivity contribution >= 4 is 40.2 Å². The summed E-state index contributed by atoms with van der Waals surface area (Å²) in [6, 6.07) is 8.21. The number of ether oxygens (including phenoxy) is 2. The van der Waals surface area contributed by atoms with Crippen LogP contribution in [0.1, 0.15) is 126 Å². The average Bonchev–Trinajstić information content (AvgIpc) is 2.97. The van der Waals surface area contributed by atoms with Crippen LogP contribution in [-0.2, 0) is 30.3 Å². The van der Waals surface area contributed by atoms with Crippen molar-refractivity contribution < 1.29 is 23.9 Å². The van der Waals surface area contributed by atoms with Gasteiger partial charge in [-0.2, -0.15) is 0 Å². The quantitative estimate of drug-likeness (QED) is 0.0810. The highest BCUT2D eigenvalue weighted by atomic mass is 127. The maximum absolute atomic E-state index is 13.0. The molecule has 0 fully saturated rings. The van der Waals surface area contributed by atoms with Gasteiger partial charge in [0.15, 0.2) is 5.78 Å². The number of hydrogen-bond acceptors (Lipinski definition) is 6. The molecule has 0 aromatic heterocycles. The molecule has 0 aliphatic heterocycles. The fourth-order valence-corrected chi connectivity index (χ4v) is 5.12. The molecule has 2 amide bonds. The summed E-state index contributed by atoms with van der Waals surface area (Å²) < 4.78 is 13.4. The lowest BCUT2D eigenvalue weighted by Gasteiger charge is -2.33. The molecule has 264 valence electrons. The molecule has 0 saturated carbocycles. The monoisotopic (exact) mass is 757 g/mol. The van der Waals surface area contributed by atoms with Crippen LogP contribution < -0.4 is 16.0 Å². The third-order valence-electron chi connectivity index (χ3n) is 8.21. The summed E-state index contributed by atoms with van der Waals surface area (Å²) in [5.74, 6) is 0.283. The van der Waals surface area contributed by atoms with Gasteiger partial charge in [-0.15, -0.1) is 0 Å². The number of aryl methyl sites for hydroxylation is 1. The van der Waals surface area contributed by atoms with Gasteiger partial charge in [0.05, 0.1) is 30.5 Å². The Balaban J connectivity index is 2.27. The summed E-state index contributed by atoms with van der Waals surface area (Å²) in [5, 5.41) is 9.53. The smallest absolute Gasteiger partial charge is 0.220 e. The minimum absolute atomic E-state index is 0.00836. The number of ketones is 1. The number of rotatable bonds is 23. The summed E-state index contributed by atoms with van der Waals surface area (Å²) in [7, 11) is 0. The zero-order valence-electron chi connectivity index (χ0n) is 30.5. The molecule has 8 nitrogen and oxygen atoms in total. The minimum Gasteiger partial charge on any atom is -0.373 e. The van der Waals surface area contributed by atoms with E-state index >= 15 is 0 Å². The Hall–Kier alpha value is -1.56. The van der Waals surface area contributed by atoms with Gasteiger partial charge in [0.25, 0.3) is 0 Å². The molecule has 0 heterocycles. The number of hydrogen-bond donors (Lipinski definition) is 3. The number of unbranched alkanes of at least 4 members (excludes halogenated alkanes) is 1. The molecular weight excluding hydrogens is 693 g/mol. The number of Topliss-reactive ketones (excluding diaryl/α,β-unsaturated/α-hetero) is 1. The Bertz CT molecular complexity index is 1060. The van der Waals surface area contributed by atoms with Crippen LogP contribution in [0, 0.1) is 8.99 Å².